The Labute approximate surface area is 240 Å². The second-order valence-electron chi connectivity index (χ2n) is 10.6. The third-order valence-corrected chi connectivity index (χ3v) is 6.22. The number of rotatable bonds is 10. The Hall–Kier alpha value is -4.50. The van der Waals surface area contributed by atoms with Crippen LogP contribution in [0.5, 0.6) is 0 Å². The Morgan fingerprint density at radius 3 is 2.37 bits per heavy atom. The molecule has 41 heavy (non-hydrogen) atoms. The van der Waals surface area contributed by atoms with Crippen LogP contribution in [0.15, 0.2) is 77.8 Å². The summed E-state index contributed by atoms with van der Waals surface area (Å²) in [6, 6.07) is 22.5. The molecule has 0 spiro atoms. The van der Waals surface area contributed by atoms with E-state index in [9.17, 15) is 14.4 Å². The third-order valence-electron chi connectivity index (χ3n) is 6.22. The van der Waals surface area contributed by atoms with Crippen LogP contribution in [0.2, 0.25) is 0 Å². The molecule has 3 aromatic carbocycles. The van der Waals surface area contributed by atoms with Gasteiger partial charge in [0, 0.05) is 25.3 Å². The molecule has 0 bridgehead atoms. The van der Waals surface area contributed by atoms with Crippen molar-refractivity contribution in [2.75, 3.05) is 25.0 Å². The summed E-state index contributed by atoms with van der Waals surface area (Å²) < 4.78 is 10.3. The van der Waals surface area contributed by atoms with Gasteiger partial charge in [-0.05, 0) is 68.7 Å². The topological polar surface area (TPSA) is 118 Å². The highest BCUT2D eigenvalue weighted by Crippen LogP contribution is 2.37. The van der Waals surface area contributed by atoms with Crippen LogP contribution in [0, 0.1) is 0 Å². The van der Waals surface area contributed by atoms with E-state index in [0.717, 1.165) is 16.7 Å². The molecule has 0 radical (unpaired) electrons. The second kappa shape index (κ2) is 13.2. The lowest BCUT2D eigenvalue weighted by atomic mass is 9.90. The smallest absolute Gasteiger partial charge is 0.407 e. The number of nitrogens with one attached hydrogen (secondary N) is 3. The zero-order valence-corrected chi connectivity index (χ0v) is 23.8. The van der Waals surface area contributed by atoms with Crippen LogP contribution >= 0.6 is 0 Å². The van der Waals surface area contributed by atoms with Gasteiger partial charge >= 0.3 is 12.1 Å². The standard InChI is InChI=1S/C32H36N4O5/c1-5-40-30(38)23-13-16-25-26(19-23)36-29(37)27(25)28(22-9-7-6-8-10-22)35-24-14-11-21(12-15-24)20-33-17-18-34-31(39)41-32(2,3)4/h6-16,19,27,33H,5,17-18,20H2,1-4H3,(H,34,39)(H,36,37). The fraction of sp³-hybridized carbons (Fsp3) is 0.312. The van der Waals surface area contributed by atoms with Crippen molar-refractivity contribution >= 4 is 35.1 Å². The van der Waals surface area contributed by atoms with Gasteiger partial charge in [0.15, 0.2) is 0 Å². The van der Waals surface area contributed by atoms with E-state index in [4.69, 9.17) is 14.5 Å². The molecule has 0 aromatic heterocycles. The molecular weight excluding hydrogens is 520 g/mol. The van der Waals surface area contributed by atoms with E-state index >= 15 is 0 Å². The lowest BCUT2D eigenvalue weighted by Gasteiger charge is -2.19. The van der Waals surface area contributed by atoms with E-state index in [0.29, 0.717) is 42.3 Å². The monoisotopic (exact) mass is 556 g/mol. The number of carbonyl (C=O) groups excluding carboxylic acids is 3. The number of alkyl carbamates (subject to hydrolysis) is 1. The largest absolute Gasteiger partial charge is 0.462 e. The average Bonchev–Trinajstić information content (AvgIpc) is 3.26. The van der Waals surface area contributed by atoms with Gasteiger partial charge in [0.25, 0.3) is 0 Å². The Morgan fingerprint density at radius 2 is 1.68 bits per heavy atom. The van der Waals surface area contributed by atoms with Crippen LogP contribution < -0.4 is 16.0 Å². The quantitative estimate of drug-likeness (QED) is 0.176. The highest BCUT2D eigenvalue weighted by Gasteiger charge is 2.36. The summed E-state index contributed by atoms with van der Waals surface area (Å²) in [4.78, 5) is 42.1. The molecule has 1 aliphatic heterocycles. The van der Waals surface area contributed by atoms with Crippen LogP contribution in [0.1, 0.15) is 60.7 Å². The van der Waals surface area contributed by atoms with Gasteiger partial charge in [0.1, 0.15) is 11.5 Å². The van der Waals surface area contributed by atoms with E-state index < -0.39 is 23.6 Å². The summed E-state index contributed by atoms with van der Waals surface area (Å²) in [5.41, 5.74) is 4.41. The maximum Gasteiger partial charge on any atom is 0.407 e. The Morgan fingerprint density at radius 1 is 0.951 bits per heavy atom. The molecule has 3 N–H and O–H groups in total. The van der Waals surface area contributed by atoms with Gasteiger partial charge in [-0.25, -0.2) is 9.59 Å². The van der Waals surface area contributed by atoms with Gasteiger partial charge in [-0.15, -0.1) is 0 Å². The first-order chi connectivity index (χ1) is 19.6. The number of amides is 2. The van der Waals surface area contributed by atoms with Crippen molar-refractivity contribution in [1.82, 2.24) is 10.6 Å². The summed E-state index contributed by atoms with van der Waals surface area (Å²) in [6.45, 7) is 9.16. The number of hydrogen-bond donors (Lipinski definition) is 3. The number of nitrogens with zero attached hydrogens (tertiary/aromatic N) is 1. The number of aliphatic imine (C=N–C) groups is 1. The van der Waals surface area contributed by atoms with Gasteiger partial charge in [0.05, 0.1) is 23.6 Å². The predicted molar refractivity (Wildman–Crippen MR) is 159 cm³/mol. The molecule has 9 nitrogen and oxygen atoms in total. The highest BCUT2D eigenvalue weighted by molar-refractivity contribution is 6.24. The maximum absolute atomic E-state index is 13.2. The number of ether oxygens (including phenoxy) is 2. The number of fused-ring (bicyclic) bond motifs is 1. The first kappa shape index (κ1) is 29.5. The number of anilines is 1. The van der Waals surface area contributed by atoms with Crippen molar-refractivity contribution in [3.63, 3.8) is 0 Å². The molecule has 3 aromatic rings. The van der Waals surface area contributed by atoms with Gasteiger partial charge in [-0.1, -0.05) is 48.5 Å². The van der Waals surface area contributed by atoms with E-state index in [1.54, 1.807) is 25.1 Å². The first-order valence-corrected chi connectivity index (χ1v) is 13.7. The van der Waals surface area contributed by atoms with Crippen molar-refractivity contribution < 1.29 is 23.9 Å². The second-order valence-corrected chi connectivity index (χ2v) is 10.6. The van der Waals surface area contributed by atoms with E-state index in [1.807, 2.05) is 75.4 Å². The Kier molecular flexibility index (Phi) is 9.52. The molecule has 0 aliphatic carbocycles. The van der Waals surface area contributed by atoms with E-state index in [-0.39, 0.29) is 12.5 Å². The molecule has 0 fully saturated rings. The SMILES string of the molecule is CCOC(=O)c1ccc2c(c1)NC(=O)C2C(=Nc1ccc(CNCCNC(=O)OC(C)(C)C)cc1)c1ccccc1. The lowest BCUT2D eigenvalue weighted by molar-refractivity contribution is -0.115. The highest BCUT2D eigenvalue weighted by atomic mass is 16.6. The lowest BCUT2D eigenvalue weighted by Crippen LogP contribution is -2.36. The van der Waals surface area contributed by atoms with Crippen molar-refractivity contribution in [3.05, 3.63) is 95.1 Å². The number of esters is 1. The van der Waals surface area contributed by atoms with Crippen LogP contribution in [0.4, 0.5) is 16.2 Å². The van der Waals surface area contributed by atoms with Crippen LogP contribution in [-0.4, -0.2) is 49.0 Å². The van der Waals surface area contributed by atoms with E-state index in [2.05, 4.69) is 16.0 Å². The third kappa shape index (κ3) is 8.02. The fourth-order valence-electron chi connectivity index (χ4n) is 4.41. The molecule has 0 saturated carbocycles. The minimum Gasteiger partial charge on any atom is -0.462 e. The fourth-order valence-corrected chi connectivity index (χ4v) is 4.41. The van der Waals surface area contributed by atoms with Crippen molar-refractivity contribution in [1.29, 1.82) is 0 Å². The van der Waals surface area contributed by atoms with Gasteiger partial charge in [-0.3, -0.25) is 9.79 Å². The number of hydrogen-bond acceptors (Lipinski definition) is 7. The predicted octanol–water partition coefficient (Wildman–Crippen LogP) is 5.33. The summed E-state index contributed by atoms with van der Waals surface area (Å²) in [5.74, 6) is -1.27. The molecule has 1 atom stereocenters. The average molecular weight is 557 g/mol. The number of carbonyl (C=O) groups is 3. The molecule has 1 unspecified atom stereocenters. The zero-order chi connectivity index (χ0) is 29.4. The van der Waals surface area contributed by atoms with Gasteiger partial charge < -0.3 is 25.4 Å². The van der Waals surface area contributed by atoms with Gasteiger partial charge in [-0.2, -0.15) is 0 Å². The zero-order valence-electron chi connectivity index (χ0n) is 23.8. The molecule has 4 rings (SSSR count). The first-order valence-electron chi connectivity index (χ1n) is 13.7. The summed E-state index contributed by atoms with van der Waals surface area (Å²) in [6.07, 6.45) is -0.436. The summed E-state index contributed by atoms with van der Waals surface area (Å²) in [5, 5.41) is 8.93. The normalized spacial score (nSPS) is 14.7. The van der Waals surface area contributed by atoms with Crippen LogP contribution in [0.25, 0.3) is 0 Å². The minimum absolute atomic E-state index is 0.204. The molecule has 1 heterocycles. The summed E-state index contributed by atoms with van der Waals surface area (Å²) in [7, 11) is 0. The minimum atomic E-state index is -0.637. The molecular formula is C32H36N4O5. The number of benzene rings is 3. The Bertz CT molecular complexity index is 1410. The summed E-state index contributed by atoms with van der Waals surface area (Å²) >= 11 is 0. The molecule has 2 amide bonds. The molecule has 9 heteroatoms. The molecule has 0 saturated heterocycles. The Balaban J connectivity index is 1.47. The van der Waals surface area contributed by atoms with E-state index in [1.165, 1.54) is 0 Å². The molecule has 214 valence electrons. The molecule has 1 aliphatic rings. The van der Waals surface area contributed by atoms with Crippen molar-refractivity contribution in [3.8, 4) is 0 Å². The van der Waals surface area contributed by atoms with Gasteiger partial charge in [0.2, 0.25) is 5.91 Å². The van der Waals surface area contributed by atoms with Crippen LogP contribution in [0.3, 0.4) is 0 Å². The maximum atomic E-state index is 13.2. The van der Waals surface area contributed by atoms with Crippen LogP contribution in [-0.2, 0) is 20.8 Å². The van der Waals surface area contributed by atoms with Crippen molar-refractivity contribution in [2.24, 2.45) is 4.99 Å². The van der Waals surface area contributed by atoms with Crippen molar-refractivity contribution in [2.45, 2.75) is 45.8 Å².